The minimum atomic E-state index is -3.44. The van der Waals surface area contributed by atoms with Gasteiger partial charge in [-0.2, -0.15) is 0 Å². The van der Waals surface area contributed by atoms with Crippen molar-refractivity contribution in [1.29, 1.82) is 0 Å². The third-order valence-corrected chi connectivity index (χ3v) is 5.43. The fourth-order valence-electron chi connectivity index (χ4n) is 2.12. The largest absolute Gasteiger partial charge is 0.350 e. The lowest BCUT2D eigenvalue weighted by Gasteiger charge is -2.14. The number of amides is 1. The second kappa shape index (κ2) is 7.62. The standard InChI is InChI=1S/C17H18ClNO3S/c1-13(14-7-9-15(18)10-8-14)19-17(20)11-12-23(21,22)16-5-3-2-4-6-16/h2-10,13H,11-12H2,1H3,(H,19,20)/t13-/m0/s1. The van der Waals surface area contributed by atoms with Gasteiger partial charge in [0.05, 0.1) is 16.7 Å². The van der Waals surface area contributed by atoms with Gasteiger partial charge in [-0.25, -0.2) is 8.42 Å². The van der Waals surface area contributed by atoms with E-state index in [9.17, 15) is 13.2 Å². The van der Waals surface area contributed by atoms with E-state index >= 15 is 0 Å². The Balaban J connectivity index is 1.91. The maximum atomic E-state index is 12.1. The van der Waals surface area contributed by atoms with Crippen molar-refractivity contribution in [3.8, 4) is 0 Å². The second-order valence-electron chi connectivity index (χ2n) is 5.22. The molecule has 1 amide bonds. The van der Waals surface area contributed by atoms with Crippen LogP contribution in [0.15, 0.2) is 59.5 Å². The molecule has 4 nitrogen and oxygen atoms in total. The Morgan fingerprint density at radius 3 is 2.30 bits per heavy atom. The summed E-state index contributed by atoms with van der Waals surface area (Å²) in [6, 6.07) is 15.1. The minimum Gasteiger partial charge on any atom is -0.350 e. The molecule has 2 aromatic rings. The summed E-state index contributed by atoms with van der Waals surface area (Å²) in [6.45, 7) is 1.84. The summed E-state index contributed by atoms with van der Waals surface area (Å²) in [4.78, 5) is 12.2. The van der Waals surface area contributed by atoms with E-state index in [-0.39, 0.29) is 29.0 Å². The van der Waals surface area contributed by atoms with Gasteiger partial charge < -0.3 is 5.32 Å². The fraction of sp³-hybridized carbons (Fsp3) is 0.235. The lowest BCUT2D eigenvalue weighted by Crippen LogP contribution is -2.28. The van der Waals surface area contributed by atoms with Gasteiger partial charge >= 0.3 is 0 Å². The van der Waals surface area contributed by atoms with Gasteiger partial charge in [-0.1, -0.05) is 41.9 Å². The molecule has 0 radical (unpaired) electrons. The number of sulfone groups is 1. The van der Waals surface area contributed by atoms with Crippen LogP contribution in [0.25, 0.3) is 0 Å². The molecule has 122 valence electrons. The van der Waals surface area contributed by atoms with Crippen LogP contribution in [-0.2, 0) is 14.6 Å². The van der Waals surface area contributed by atoms with Gasteiger partial charge in [-0.3, -0.25) is 4.79 Å². The summed E-state index contributed by atoms with van der Waals surface area (Å²) in [6.07, 6.45) is -0.0742. The smallest absolute Gasteiger partial charge is 0.221 e. The normalized spacial score (nSPS) is 12.6. The van der Waals surface area contributed by atoms with Crippen LogP contribution in [0, 0.1) is 0 Å². The molecule has 0 heterocycles. The molecule has 0 aliphatic carbocycles. The van der Waals surface area contributed by atoms with Crippen molar-refractivity contribution in [2.75, 3.05) is 5.75 Å². The van der Waals surface area contributed by atoms with E-state index in [2.05, 4.69) is 5.32 Å². The van der Waals surface area contributed by atoms with Crippen molar-refractivity contribution in [2.24, 2.45) is 0 Å². The molecular formula is C17H18ClNO3S. The lowest BCUT2D eigenvalue weighted by atomic mass is 10.1. The van der Waals surface area contributed by atoms with Gasteiger partial charge in [0.1, 0.15) is 0 Å². The highest BCUT2D eigenvalue weighted by atomic mass is 35.5. The highest BCUT2D eigenvalue weighted by molar-refractivity contribution is 7.91. The first-order valence-electron chi connectivity index (χ1n) is 7.21. The molecule has 0 bridgehead atoms. The van der Waals surface area contributed by atoms with Crippen LogP contribution in [0.3, 0.4) is 0 Å². The third kappa shape index (κ3) is 5.08. The van der Waals surface area contributed by atoms with Crippen molar-refractivity contribution in [3.63, 3.8) is 0 Å². The molecule has 0 spiro atoms. The van der Waals surface area contributed by atoms with E-state index in [4.69, 9.17) is 11.6 Å². The first kappa shape index (κ1) is 17.5. The molecule has 0 aromatic heterocycles. The Hall–Kier alpha value is -1.85. The van der Waals surface area contributed by atoms with Gasteiger partial charge in [0.25, 0.3) is 0 Å². The molecule has 6 heteroatoms. The van der Waals surface area contributed by atoms with Gasteiger partial charge in [-0.05, 0) is 36.8 Å². The highest BCUT2D eigenvalue weighted by Crippen LogP contribution is 2.16. The number of halogens is 1. The zero-order valence-electron chi connectivity index (χ0n) is 12.7. The van der Waals surface area contributed by atoms with Crippen molar-refractivity contribution in [3.05, 3.63) is 65.2 Å². The SMILES string of the molecule is C[C@H](NC(=O)CCS(=O)(=O)c1ccccc1)c1ccc(Cl)cc1. The number of rotatable bonds is 6. The third-order valence-electron chi connectivity index (χ3n) is 3.45. The Morgan fingerprint density at radius 1 is 1.09 bits per heavy atom. The summed E-state index contributed by atoms with van der Waals surface area (Å²) in [5.41, 5.74) is 0.911. The Kier molecular flexibility index (Phi) is 5.80. The van der Waals surface area contributed by atoms with Crippen LogP contribution >= 0.6 is 11.6 Å². The van der Waals surface area contributed by atoms with Crippen LogP contribution in [-0.4, -0.2) is 20.1 Å². The van der Waals surface area contributed by atoms with Gasteiger partial charge in [0.15, 0.2) is 9.84 Å². The maximum Gasteiger partial charge on any atom is 0.221 e. The highest BCUT2D eigenvalue weighted by Gasteiger charge is 2.17. The van der Waals surface area contributed by atoms with Crippen molar-refractivity contribution in [1.82, 2.24) is 5.32 Å². The number of nitrogens with one attached hydrogen (secondary N) is 1. The number of hydrogen-bond donors (Lipinski definition) is 1. The van der Waals surface area contributed by atoms with E-state index in [0.29, 0.717) is 5.02 Å². The Bertz CT molecular complexity index is 758. The first-order chi connectivity index (χ1) is 10.9. The number of carbonyl (C=O) groups excluding carboxylic acids is 1. The zero-order valence-corrected chi connectivity index (χ0v) is 14.3. The number of benzene rings is 2. The number of carbonyl (C=O) groups is 1. The first-order valence-corrected chi connectivity index (χ1v) is 9.24. The average molecular weight is 352 g/mol. The van der Waals surface area contributed by atoms with E-state index in [1.165, 1.54) is 12.1 Å². The summed E-state index contributed by atoms with van der Waals surface area (Å²) in [5, 5.41) is 3.42. The quantitative estimate of drug-likeness (QED) is 0.867. The lowest BCUT2D eigenvalue weighted by molar-refractivity contribution is -0.121. The molecule has 2 rings (SSSR count). The van der Waals surface area contributed by atoms with Crippen LogP contribution in [0.4, 0.5) is 0 Å². The minimum absolute atomic E-state index is 0.0742. The maximum absolute atomic E-state index is 12.1. The summed E-state index contributed by atoms with van der Waals surface area (Å²) < 4.78 is 24.3. The van der Waals surface area contributed by atoms with Gasteiger partial charge in [-0.15, -0.1) is 0 Å². The van der Waals surface area contributed by atoms with E-state index < -0.39 is 9.84 Å². The Labute approximate surface area is 141 Å². The van der Waals surface area contributed by atoms with E-state index in [1.54, 1.807) is 30.3 Å². The predicted molar refractivity (Wildman–Crippen MR) is 91.1 cm³/mol. The predicted octanol–water partition coefficient (Wildman–Crippen LogP) is 3.38. The van der Waals surface area contributed by atoms with E-state index in [1.807, 2.05) is 19.1 Å². The molecule has 0 aliphatic heterocycles. The van der Waals surface area contributed by atoms with Crippen LogP contribution < -0.4 is 5.32 Å². The molecule has 2 aromatic carbocycles. The van der Waals surface area contributed by atoms with Crippen molar-refractivity contribution >= 4 is 27.3 Å². The topological polar surface area (TPSA) is 63.2 Å². The zero-order chi connectivity index (χ0) is 16.9. The Morgan fingerprint density at radius 2 is 1.70 bits per heavy atom. The average Bonchev–Trinajstić information content (AvgIpc) is 2.54. The molecule has 1 N–H and O–H groups in total. The van der Waals surface area contributed by atoms with E-state index in [0.717, 1.165) is 5.56 Å². The van der Waals surface area contributed by atoms with Crippen LogP contribution in [0.5, 0.6) is 0 Å². The summed E-state index contributed by atoms with van der Waals surface area (Å²) >= 11 is 5.83. The molecule has 0 saturated carbocycles. The van der Waals surface area contributed by atoms with Gasteiger partial charge in [0.2, 0.25) is 5.91 Å². The van der Waals surface area contributed by atoms with Crippen LogP contribution in [0.1, 0.15) is 24.9 Å². The summed E-state index contributed by atoms with van der Waals surface area (Å²) in [5.74, 6) is -0.511. The molecule has 0 fully saturated rings. The molecule has 0 unspecified atom stereocenters. The molecule has 0 aliphatic rings. The van der Waals surface area contributed by atoms with Crippen molar-refractivity contribution < 1.29 is 13.2 Å². The fourth-order valence-corrected chi connectivity index (χ4v) is 3.51. The molecule has 0 saturated heterocycles. The van der Waals surface area contributed by atoms with Crippen LogP contribution in [0.2, 0.25) is 5.02 Å². The second-order valence-corrected chi connectivity index (χ2v) is 7.77. The molecule has 1 atom stereocenters. The molecule has 23 heavy (non-hydrogen) atoms. The number of hydrogen-bond acceptors (Lipinski definition) is 3. The molecular weight excluding hydrogens is 334 g/mol. The summed E-state index contributed by atoms with van der Waals surface area (Å²) in [7, 11) is -3.44. The van der Waals surface area contributed by atoms with Gasteiger partial charge in [0, 0.05) is 11.4 Å². The van der Waals surface area contributed by atoms with Crippen molar-refractivity contribution in [2.45, 2.75) is 24.3 Å². The monoisotopic (exact) mass is 351 g/mol.